The molecule has 1 heterocycles. The topological polar surface area (TPSA) is 74.2 Å². The largest absolute Gasteiger partial charge is 0.399 e. The predicted molar refractivity (Wildman–Crippen MR) is 78.2 cm³/mol. The van der Waals surface area contributed by atoms with E-state index in [1.807, 2.05) is 32.0 Å². The first-order valence-corrected chi connectivity index (χ1v) is 6.97. The van der Waals surface area contributed by atoms with Crippen LogP contribution in [0.25, 0.3) is 11.5 Å². The predicted octanol–water partition coefficient (Wildman–Crippen LogP) is 3.50. The number of aromatic nitrogens is 2. The summed E-state index contributed by atoms with van der Waals surface area (Å²) in [5.41, 5.74) is 8.40. The molecule has 0 fully saturated rings. The van der Waals surface area contributed by atoms with Gasteiger partial charge < -0.3 is 15.0 Å². The number of nitrogens with zero attached hydrogens (tertiary/aromatic N) is 2. The molecule has 1 aromatic heterocycles. The fourth-order valence-electron chi connectivity index (χ4n) is 2.15. The van der Waals surface area contributed by atoms with Gasteiger partial charge in [0.15, 0.2) is 0 Å². The van der Waals surface area contributed by atoms with Gasteiger partial charge >= 0.3 is 0 Å². The first-order chi connectivity index (χ1) is 9.65. The van der Waals surface area contributed by atoms with Crippen molar-refractivity contribution in [1.29, 1.82) is 0 Å². The normalized spacial score (nSPS) is 12.6. The molecule has 1 atom stereocenters. The third-order valence-corrected chi connectivity index (χ3v) is 3.13. The molecule has 5 heteroatoms. The lowest BCUT2D eigenvalue weighted by Crippen LogP contribution is -2.06. The summed E-state index contributed by atoms with van der Waals surface area (Å²) in [5.74, 6) is 1.12. The molecule has 2 aromatic rings. The van der Waals surface area contributed by atoms with Crippen LogP contribution >= 0.6 is 0 Å². The van der Waals surface area contributed by atoms with E-state index < -0.39 is 0 Å². The third kappa shape index (κ3) is 3.17. The molecule has 0 spiro atoms. The highest BCUT2D eigenvalue weighted by molar-refractivity contribution is 5.62. The molecule has 0 amide bonds. The Labute approximate surface area is 119 Å². The summed E-state index contributed by atoms with van der Waals surface area (Å²) in [6.07, 6.45) is 1.79. The molecule has 1 aromatic carbocycles. The minimum atomic E-state index is -0.100. The summed E-state index contributed by atoms with van der Waals surface area (Å²) in [5, 5.41) is 4.05. The van der Waals surface area contributed by atoms with E-state index in [1.165, 1.54) is 0 Å². The lowest BCUT2D eigenvalue weighted by molar-refractivity contribution is 0.0478. The second-order valence-corrected chi connectivity index (χ2v) is 4.76. The number of ether oxygens (including phenoxy) is 1. The van der Waals surface area contributed by atoms with Gasteiger partial charge in [0.2, 0.25) is 5.82 Å². The Bertz CT molecular complexity index is 560. The van der Waals surface area contributed by atoms with Crippen LogP contribution in [-0.2, 0) is 4.74 Å². The van der Waals surface area contributed by atoms with E-state index in [0.29, 0.717) is 18.3 Å². The van der Waals surface area contributed by atoms with Crippen molar-refractivity contribution in [2.75, 3.05) is 12.3 Å². The molecule has 0 saturated carbocycles. The molecule has 5 nitrogen and oxygen atoms in total. The minimum absolute atomic E-state index is 0.100. The summed E-state index contributed by atoms with van der Waals surface area (Å²) in [7, 11) is 0. The fourth-order valence-corrected chi connectivity index (χ4v) is 2.15. The summed E-state index contributed by atoms with van der Waals surface area (Å²) in [6.45, 7) is 6.68. The average molecular weight is 275 g/mol. The highest BCUT2D eigenvalue weighted by atomic mass is 16.5. The number of anilines is 1. The van der Waals surface area contributed by atoms with E-state index >= 15 is 0 Å². The first-order valence-electron chi connectivity index (χ1n) is 6.97. The van der Waals surface area contributed by atoms with Crippen LogP contribution in [0, 0.1) is 6.92 Å². The lowest BCUT2D eigenvalue weighted by Gasteiger charge is -2.11. The van der Waals surface area contributed by atoms with Gasteiger partial charge in [-0.3, -0.25) is 0 Å². The lowest BCUT2D eigenvalue weighted by atomic mass is 10.1. The van der Waals surface area contributed by atoms with Gasteiger partial charge in [-0.1, -0.05) is 18.5 Å². The Morgan fingerprint density at radius 3 is 2.80 bits per heavy atom. The molecule has 2 N–H and O–H groups in total. The van der Waals surface area contributed by atoms with Crippen LogP contribution in [0.3, 0.4) is 0 Å². The van der Waals surface area contributed by atoms with E-state index in [4.69, 9.17) is 15.0 Å². The summed E-state index contributed by atoms with van der Waals surface area (Å²) < 4.78 is 11.0. The maximum absolute atomic E-state index is 5.75. The second-order valence-electron chi connectivity index (χ2n) is 4.76. The monoisotopic (exact) mass is 275 g/mol. The molecular formula is C15H21N3O2. The van der Waals surface area contributed by atoms with Crippen LogP contribution in [0.1, 0.15) is 44.2 Å². The number of aryl methyl sites for hydroxylation is 1. The zero-order valence-electron chi connectivity index (χ0n) is 12.2. The first kappa shape index (κ1) is 14.5. The highest BCUT2D eigenvalue weighted by Gasteiger charge is 2.19. The van der Waals surface area contributed by atoms with Gasteiger partial charge in [-0.05, 0) is 44.0 Å². The molecule has 0 radical (unpaired) electrons. The van der Waals surface area contributed by atoms with Crippen molar-refractivity contribution in [2.24, 2.45) is 0 Å². The quantitative estimate of drug-likeness (QED) is 0.817. The second kappa shape index (κ2) is 6.52. The van der Waals surface area contributed by atoms with Gasteiger partial charge in [0, 0.05) is 17.9 Å². The van der Waals surface area contributed by atoms with E-state index in [0.717, 1.165) is 29.7 Å². The maximum Gasteiger partial charge on any atom is 0.258 e. The van der Waals surface area contributed by atoms with Crippen LogP contribution in [0.4, 0.5) is 5.69 Å². The van der Waals surface area contributed by atoms with E-state index in [-0.39, 0.29) is 6.10 Å². The van der Waals surface area contributed by atoms with E-state index in [1.54, 1.807) is 0 Å². The SMILES string of the molecule is CCCC(OCC)c1noc(-c2ccc(N)cc2C)n1. The van der Waals surface area contributed by atoms with Crippen LogP contribution in [0.5, 0.6) is 0 Å². The molecule has 0 aliphatic heterocycles. The molecule has 0 saturated heterocycles. The molecular weight excluding hydrogens is 254 g/mol. The highest BCUT2D eigenvalue weighted by Crippen LogP contribution is 2.26. The van der Waals surface area contributed by atoms with Gasteiger partial charge in [0.05, 0.1) is 0 Å². The summed E-state index contributed by atoms with van der Waals surface area (Å²) in [4.78, 5) is 4.46. The Balaban J connectivity index is 2.27. The molecule has 2 rings (SSSR count). The van der Waals surface area contributed by atoms with Gasteiger partial charge in [-0.15, -0.1) is 0 Å². The van der Waals surface area contributed by atoms with Crippen LogP contribution in [0.15, 0.2) is 22.7 Å². The van der Waals surface area contributed by atoms with Gasteiger partial charge in [-0.25, -0.2) is 0 Å². The molecule has 0 aliphatic rings. The Morgan fingerprint density at radius 1 is 1.35 bits per heavy atom. The Morgan fingerprint density at radius 2 is 2.15 bits per heavy atom. The van der Waals surface area contributed by atoms with Crippen molar-refractivity contribution < 1.29 is 9.26 Å². The van der Waals surface area contributed by atoms with Crippen molar-refractivity contribution in [3.63, 3.8) is 0 Å². The van der Waals surface area contributed by atoms with Crippen molar-refractivity contribution >= 4 is 5.69 Å². The molecule has 108 valence electrons. The summed E-state index contributed by atoms with van der Waals surface area (Å²) >= 11 is 0. The van der Waals surface area contributed by atoms with Crippen molar-refractivity contribution in [2.45, 2.75) is 39.7 Å². The van der Waals surface area contributed by atoms with Crippen LogP contribution in [-0.4, -0.2) is 16.7 Å². The summed E-state index contributed by atoms with van der Waals surface area (Å²) in [6, 6.07) is 5.63. The fraction of sp³-hybridized carbons (Fsp3) is 0.467. The molecule has 1 unspecified atom stereocenters. The molecule has 20 heavy (non-hydrogen) atoms. The standard InChI is InChI=1S/C15H21N3O2/c1-4-6-13(19-5-2)14-17-15(20-18-14)12-8-7-11(16)9-10(12)3/h7-9,13H,4-6,16H2,1-3H3. The zero-order valence-corrected chi connectivity index (χ0v) is 12.2. The number of nitrogens with two attached hydrogens (primary N) is 1. The van der Waals surface area contributed by atoms with E-state index in [9.17, 15) is 0 Å². The number of nitrogen functional groups attached to an aromatic ring is 1. The van der Waals surface area contributed by atoms with Crippen LogP contribution < -0.4 is 5.73 Å². The van der Waals surface area contributed by atoms with Crippen molar-refractivity contribution in [3.8, 4) is 11.5 Å². The van der Waals surface area contributed by atoms with Crippen LogP contribution in [0.2, 0.25) is 0 Å². The smallest absolute Gasteiger partial charge is 0.258 e. The Hall–Kier alpha value is -1.88. The van der Waals surface area contributed by atoms with E-state index in [2.05, 4.69) is 17.1 Å². The number of hydrogen-bond acceptors (Lipinski definition) is 5. The zero-order chi connectivity index (χ0) is 14.5. The molecule has 0 aliphatic carbocycles. The van der Waals surface area contributed by atoms with Crippen molar-refractivity contribution in [1.82, 2.24) is 10.1 Å². The minimum Gasteiger partial charge on any atom is -0.399 e. The maximum atomic E-state index is 5.75. The van der Waals surface area contributed by atoms with Gasteiger partial charge in [0.25, 0.3) is 5.89 Å². The number of rotatable bonds is 6. The average Bonchev–Trinajstić information content (AvgIpc) is 2.88. The Kier molecular flexibility index (Phi) is 4.74. The van der Waals surface area contributed by atoms with Crippen molar-refractivity contribution in [3.05, 3.63) is 29.6 Å². The number of benzene rings is 1. The van der Waals surface area contributed by atoms with Gasteiger partial charge in [-0.2, -0.15) is 4.98 Å². The third-order valence-electron chi connectivity index (χ3n) is 3.13. The van der Waals surface area contributed by atoms with Gasteiger partial charge in [0.1, 0.15) is 6.10 Å². The number of hydrogen-bond donors (Lipinski definition) is 1. The molecule has 0 bridgehead atoms.